The third-order valence-electron chi connectivity index (χ3n) is 11.2. The van der Waals surface area contributed by atoms with Gasteiger partial charge in [-0.2, -0.15) is 0 Å². The number of benzene rings is 8. The summed E-state index contributed by atoms with van der Waals surface area (Å²) in [5.41, 5.74) is 4.83. The van der Waals surface area contributed by atoms with Crippen LogP contribution in [-0.2, 0) is 10.8 Å². The quantitative estimate of drug-likeness (QED) is 0.133. The Morgan fingerprint density at radius 3 is 1.00 bits per heavy atom. The summed E-state index contributed by atoms with van der Waals surface area (Å²) in [4.78, 5) is 18.8. The number of hydrogen-bond donors (Lipinski definition) is 0. The molecule has 0 radical (unpaired) electrons. The molecule has 0 spiro atoms. The first kappa shape index (κ1) is 42.8. The molecule has 0 aliphatic heterocycles. The minimum absolute atomic E-state index is 0.0765. The molecule has 0 saturated heterocycles. The number of para-hydroxylation sites is 6. The van der Waals surface area contributed by atoms with Crippen molar-refractivity contribution >= 4 is 69.2 Å². The van der Waals surface area contributed by atoms with Gasteiger partial charge in [0.05, 0.1) is 22.7 Å². The number of aliphatic imine (C=N–C) groups is 4. The smallest absolute Gasteiger partial charge is 0.0886 e. The molecule has 0 aliphatic rings. The van der Waals surface area contributed by atoms with Gasteiger partial charge in [0.15, 0.2) is 0 Å². The van der Waals surface area contributed by atoms with Crippen LogP contribution in [0.15, 0.2) is 166 Å². The largest absolute Gasteiger partial charge is 0.872 e. The maximum absolute atomic E-state index is 14.8. The van der Waals surface area contributed by atoms with Gasteiger partial charge in [-0.25, -0.2) is 0 Å². The van der Waals surface area contributed by atoms with E-state index in [0.717, 1.165) is 10.8 Å². The summed E-state index contributed by atoms with van der Waals surface area (Å²) in [6.45, 7) is 12.0. The molecule has 0 aliphatic carbocycles. The molecule has 0 heterocycles. The SMILES string of the molecule is CC(C)(C)c1cccc(C=Nc2ccccc2N=Cc2cc3ccccc3c(-c3c([O-])c(C=Nc4ccccc4N=Cc4cccc(C(C)(C)C)c4[O-])cc4ccccc34)c2[O-])c1[O-]. The molecule has 0 amide bonds. The van der Waals surface area contributed by atoms with E-state index in [1.165, 1.54) is 12.4 Å². The molecular weight excluding hydrogens is 793 g/mol. The number of nitrogens with zero attached hydrogens (tertiary/aromatic N) is 4. The zero-order valence-corrected chi connectivity index (χ0v) is 36.6. The molecule has 0 aromatic heterocycles. The van der Waals surface area contributed by atoms with Gasteiger partial charge in [-0.15, -0.1) is 0 Å². The van der Waals surface area contributed by atoms with Gasteiger partial charge in [-0.3, -0.25) is 20.0 Å². The Kier molecular flexibility index (Phi) is 11.7. The van der Waals surface area contributed by atoms with E-state index in [0.29, 0.717) is 55.8 Å². The highest BCUT2D eigenvalue weighted by molar-refractivity contribution is 6.14. The lowest BCUT2D eigenvalue weighted by molar-refractivity contribution is -0.270. The lowest BCUT2D eigenvalue weighted by Crippen LogP contribution is -2.15. The summed E-state index contributed by atoms with van der Waals surface area (Å²) < 4.78 is 0. The number of fused-ring (bicyclic) bond motifs is 2. The molecule has 8 aromatic carbocycles. The molecule has 8 rings (SSSR count). The average molecular weight is 839 g/mol. The lowest BCUT2D eigenvalue weighted by Gasteiger charge is -2.27. The Labute approximate surface area is 373 Å². The second-order valence-corrected chi connectivity index (χ2v) is 17.7. The lowest BCUT2D eigenvalue weighted by atomic mass is 9.85. The van der Waals surface area contributed by atoms with Gasteiger partial charge in [0.2, 0.25) is 0 Å². The fraction of sp³-hybridized carbons (Fsp3) is 0.143. The predicted octanol–water partition coefficient (Wildman–Crippen LogP) is 11.6. The van der Waals surface area contributed by atoms with Crippen LogP contribution in [0.2, 0.25) is 0 Å². The second kappa shape index (κ2) is 17.5. The number of rotatable bonds is 9. The Hall–Kier alpha value is -7.84. The van der Waals surface area contributed by atoms with Crippen LogP contribution in [0.3, 0.4) is 0 Å². The van der Waals surface area contributed by atoms with Crippen LogP contribution in [0, 0.1) is 0 Å². The van der Waals surface area contributed by atoms with Crippen LogP contribution in [0.4, 0.5) is 22.7 Å². The summed E-state index contributed by atoms with van der Waals surface area (Å²) in [7, 11) is 0. The van der Waals surface area contributed by atoms with Gasteiger partial charge in [0.25, 0.3) is 0 Å². The van der Waals surface area contributed by atoms with E-state index < -0.39 is 0 Å². The highest BCUT2D eigenvalue weighted by Crippen LogP contribution is 2.46. The molecule has 0 saturated carbocycles. The fourth-order valence-corrected chi connectivity index (χ4v) is 7.80. The van der Waals surface area contributed by atoms with Crippen molar-refractivity contribution in [2.75, 3.05) is 0 Å². The maximum atomic E-state index is 14.8. The van der Waals surface area contributed by atoms with Gasteiger partial charge in [0.1, 0.15) is 0 Å². The molecule has 8 heteroatoms. The van der Waals surface area contributed by atoms with Crippen molar-refractivity contribution in [3.63, 3.8) is 0 Å². The van der Waals surface area contributed by atoms with E-state index in [1.54, 1.807) is 61.0 Å². The Bertz CT molecular complexity index is 2970. The molecule has 318 valence electrons. The van der Waals surface area contributed by atoms with Crippen molar-refractivity contribution in [1.82, 2.24) is 0 Å². The van der Waals surface area contributed by atoms with E-state index in [-0.39, 0.29) is 56.1 Å². The first-order valence-electron chi connectivity index (χ1n) is 21.1. The van der Waals surface area contributed by atoms with E-state index >= 15 is 0 Å². The normalized spacial score (nSPS) is 12.5. The minimum Gasteiger partial charge on any atom is -0.872 e. The van der Waals surface area contributed by atoms with Crippen molar-refractivity contribution in [1.29, 1.82) is 0 Å². The molecule has 8 aromatic rings. The van der Waals surface area contributed by atoms with Gasteiger partial charge >= 0.3 is 0 Å². The summed E-state index contributed by atoms with van der Waals surface area (Å²) in [5.74, 6) is -0.870. The standard InChI is InChI=1S/C56H50N4O4/c1-55(2,3)43-23-15-19-37(51(43)61)31-57-45-25-11-13-27-47(45)59-33-39-29-35-17-7-9-21-41(35)49(53(39)63)50-42-22-10-8-18-36(42)30-40(54(50)64)34-60-48-28-14-12-26-46(48)58-32-38-20-16-24-44(52(38)62)56(4,5)6/h7-34,61-64H,1-6H3/p-4. The highest BCUT2D eigenvalue weighted by atomic mass is 16.3. The van der Waals surface area contributed by atoms with Crippen LogP contribution in [-0.4, -0.2) is 24.9 Å². The Morgan fingerprint density at radius 1 is 0.344 bits per heavy atom. The Morgan fingerprint density at radius 2 is 0.656 bits per heavy atom. The zero-order valence-electron chi connectivity index (χ0n) is 36.6. The van der Waals surface area contributed by atoms with E-state index in [9.17, 15) is 20.4 Å². The molecule has 0 unspecified atom stereocenters. The topological polar surface area (TPSA) is 142 Å². The Balaban J connectivity index is 1.19. The van der Waals surface area contributed by atoms with Crippen LogP contribution < -0.4 is 20.4 Å². The van der Waals surface area contributed by atoms with Gasteiger partial charge < -0.3 is 20.4 Å². The van der Waals surface area contributed by atoms with E-state index in [2.05, 4.69) is 9.98 Å². The third-order valence-corrected chi connectivity index (χ3v) is 11.2. The molecule has 8 nitrogen and oxygen atoms in total. The molecular formula is C56H46N4O4-4. The van der Waals surface area contributed by atoms with Crippen LogP contribution in [0.25, 0.3) is 32.7 Å². The van der Waals surface area contributed by atoms with Crippen LogP contribution in [0.1, 0.15) is 74.9 Å². The van der Waals surface area contributed by atoms with Gasteiger partial charge in [-0.05, 0) is 113 Å². The highest BCUT2D eigenvalue weighted by Gasteiger charge is 2.18. The third kappa shape index (κ3) is 8.76. The first-order valence-corrected chi connectivity index (χ1v) is 21.1. The molecule has 64 heavy (non-hydrogen) atoms. The van der Waals surface area contributed by atoms with Crippen molar-refractivity contribution < 1.29 is 20.4 Å². The first-order chi connectivity index (χ1) is 30.7. The van der Waals surface area contributed by atoms with E-state index in [4.69, 9.17) is 9.98 Å². The van der Waals surface area contributed by atoms with Gasteiger partial charge in [-0.1, -0.05) is 174 Å². The monoisotopic (exact) mass is 838 g/mol. The van der Waals surface area contributed by atoms with Crippen molar-refractivity contribution in [3.8, 4) is 34.1 Å². The van der Waals surface area contributed by atoms with E-state index in [1.807, 2.05) is 139 Å². The predicted molar refractivity (Wildman–Crippen MR) is 257 cm³/mol. The second-order valence-electron chi connectivity index (χ2n) is 17.7. The summed E-state index contributed by atoms with van der Waals surface area (Å²) >= 11 is 0. The average Bonchev–Trinajstić information content (AvgIpc) is 3.27. The number of hydrogen-bond acceptors (Lipinski definition) is 8. The molecule has 0 bridgehead atoms. The molecule has 0 atom stereocenters. The maximum Gasteiger partial charge on any atom is 0.0886 e. The molecule has 0 fully saturated rings. The molecule has 0 N–H and O–H groups in total. The van der Waals surface area contributed by atoms with Crippen molar-refractivity contribution in [2.24, 2.45) is 20.0 Å². The zero-order chi connectivity index (χ0) is 45.2. The minimum atomic E-state index is -0.359. The summed E-state index contributed by atoms with van der Waals surface area (Å²) in [6.07, 6.45) is 6.13. The van der Waals surface area contributed by atoms with Crippen LogP contribution >= 0.6 is 0 Å². The summed E-state index contributed by atoms with van der Waals surface area (Å²) in [6, 6.07) is 44.0. The fourth-order valence-electron chi connectivity index (χ4n) is 7.80. The summed E-state index contributed by atoms with van der Waals surface area (Å²) in [5, 5.41) is 58.9. The van der Waals surface area contributed by atoms with Crippen LogP contribution in [0.5, 0.6) is 23.0 Å². The van der Waals surface area contributed by atoms with Crippen molar-refractivity contribution in [2.45, 2.75) is 52.4 Å². The van der Waals surface area contributed by atoms with Gasteiger partial charge in [0, 0.05) is 24.9 Å². The van der Waals surface area contributed by atoms with Crippen molar-refractivity contribution in [3.05, 3.63) is 179 Å².